The van der Waals surface area contributed by atoms with Gasteiger partial charge in [-0.1, -0.05) is 0 Å². The molecule has 6 heteroatoms. The molecule has 3 N–H and O–H groups in total. The van der Waals surface area contributed by atoms with Crippen molar-refractivity contribution in [3.8, 4) is 0 Å². The lowest BCUT2D eigenvalue weighted by atomic mass is 9.78. The third-order valence-electron chi connectivity index (χ3n) is 3.18. The van der Waals surface area contributed by atoms with Crippen molar-refractivity contribution in [3.05, 3.63) is 0 Å². The molecule has 0 aromatic rings. The second kappa shape index (κ2) is 5.97. The molecule has 1 fully saturated rings. The minimum atomic E-state index is -1.03. The summed E-state index contributed by atoms with van der Waals surface area (Å²) in [5, 5.41) is 14.5. The van der Waals surface area contributed by atoms with Crippen LogP contribution in [0.4, 0.5) is 0 Å². The van der Waals surface area contributed by atoms with Crippen molar-refractivity contribution in [1.82, 2.24) is 10.6 Å². The highest BCUT2D eigenvalue weighted by Crippen LogP contribution is 2.29. The maximum atomic E-state index is 12.1. The average molecular weight is 244 g/mol. The van der Waals surface area contributed by atoms with Gasteiger partial charge in [0.2, 0.25) is 5.91 Å². The SMILES string of the molecule is COCC1(C(=O)N[C@@H](C)C(=O)O)CCNCC1. The number of carbonyl (C=O) groups is 2. The van der Waals surface area contributed by atoms with Gasteiger partial charge in [-0.3, -0.25) is 9.59 Å². The van der Waals surface area contributed by atoms with Crippen LogP contribution in [0.1, 0.15) is 19.8 Å². The van der Waals surface area contributed by atoms with Crippen molar-refractivity contribution < 1.29 is 19.4 Å². The fourth-order valence-electron chi connectivity index (χ4n) is 2.03. The Bertz CT molecular complexity index is 282. The molecular weight excluding hydrogens is 224 g/mol. The maximum Gasteiger partial charge on any atom is 0.325 e. The summed E-state index contributed by atoms with van der Waals surface area (Å²) in [5.41, 5.74) is -0.594. The van der Waals surface area contributed by atoms with E-state index in [0.717, 1.165) is 13.1 Å². The van der Waals surface area contributed by atoms with Crippen molar-refractivity contribution >= 4 is 11.9 Å². The Morgan fingerprint density at radius 3 is 2.53 bits per heavy atom. The van der Waals surface area contributed by atoms with Crippen LogP contribution in [0, 0.1) is 5.41 Å². The summed E-state index contributed by atoms with van der Waals surface area (Å²) in [6.07, 6.45) is 1.33. The predicted molar refractivity (Wildman–Crippen MR) is 61.7 cm³/mol. The van der Waals surface area contributed by atoms with Gasteiger partial charge in [0, 0.05) is 7.11 Å². The number of aliphatic carboxylic acids is 1. The quantitative estimate of drug-likeness (QED) is 0.612. The number of nitrogens with one attached hydrogen (secondary N) is 2. The van der Waals surface area contributed by atoms with E-state index in [0.29, 0.717) is 19.4 Å². The highest BCUT2D eigenvalue weighted by atomic mass is 16.5. The van der Waals surface area contributed by atoms with Gasteiger partial charge in [-0.2, -0.15) is 0 Å². The standard InChI is InChI=1S/C11H20N2O4/c1-8(9(14)15)13-10(16)11(7-17-2)3-5-12-6-4-11/h8,12H,3-7H2,1-2H3,(H,13,16)(H,14,15)/t8-/m0/s1. The summed E-state index contributed by atoms with van der Waals surface area (Å²) in [4.78, 5) is 22.9. The molecular formula is C11H20N2O4. The molecule has 1 atom stereocenters. The van der Waals surface area contributed by atoms with Gasteiger partial charge in [0.05, 0.1) is 12.0 Å². The predicted octanol–water partition coefficient (Wildman–Crippen LogP) is -0.408. The van der Waals surface area contributed by atoms with E-state index in [9.17, 15) is 9.59 Å². The van der Waals surface area contributed by atoms with Crippen LogP contribution in [0.5, 0.6) is 0 Å². The molecule has 0 saturated carbocycles. The van der Waals surface area contributed by atoms with Crippen LogP contribution in [-0.4, -0.2) is 49.8 Å². The second-order valence-electron chi connectivity index (χ2n) is 4.50. The summed E-state index contributed by atoms with van der Waals surface area (Å²) >= 11 is 0. The summed E-state index contributed by atoms with van der Waals surface area (Å²) < 4.78 is 5.11. The number of carboxylic acids is 1. The van der Waals surface area contributed by atoms with E-state index in [-0.39, 0.29) is 5.91 Å². The number of hydrogen-bond acceptors (Lipinski definition) is 4. The maximum absolute atomic E-state index is 12.1. The van der Waals surface area contributed by atoms with E-state index in [1.807, 2.05) is 0 Å². The summed E-state index contributed by atoms with van der Waals surface area (Å²) in [7, 11) is 1.55. The molecule has 1 amide bonds. The van der Waals surface area contributed by atoms with Crippen LogP contribution in [0.3, 0.4) is 0 Å². The molecule has 0 aromatic heterocycles. The summed E-state index contributed by atoms with van der Waals surface area (Å²) in [5.74, 6) is -1.25. The number of hydrogen-bond donors (Lipinski definition) is 3. The van der Waals surface area contributed by atoms with Crippen LogP contribution in [0.25, 0.3) is 0 Å². The molecule has 0 radical (unpaired) electrons. The van der Waals surface area contributed by atoms with Crippen molar-refractivity contribution in [2.24, 2.45) is 5.41 Å². The highest BCUT2D eigenvalue weighted by Gasteiger charge is 2.40. The zero-order valence-electron chi connectivity index (χ0n) is 10.3. The highest BCUT2D eigenvalue weighted by molar-refractivity contribution is 5.87. The smallest absolute Gasteiger partial charge is 0.325 e. The van der Waals surface area contributed by atoms with Gasteiger partial charge >= 0.3 is 5.97 Å². The molecule has 17 heavy (non-hydrogen) atoms. The molecule has 0 aromatic carbocycles. The number of ether oxygens (including phenoxy) is 1. The van der Waals surface area contributed by atoms with Crippen LogP contribution >= 0.6 is 0 Å². The minimum absolute atomic E-state index is 0.226. The molecule has 98 valence electrons. The first kappa shape index (κ1) is 13.9. The van der Waals surface area contributed by atoms with E-state index in [2.05, 4.69) is 10.6 Å². The number of carboxylic acid groups (broad SMARTS) is 1. The van der Waals surface area contributed by atoms with Gasteiger partial charge in [0.1, 0.15) is 6.04 Å². The zero-order chi connectivity index (χ0) is 12.9. The van der Waals surface area contributed by atoms with E-state index >= 15 is 0 Å². The van der Waals surface area contributed by atoms with Gasteiger partial charge in [-0.15, -0.1) is 0 Å². The monoisotopic (exact) mass is 244 g/mol. The van der Waals surface area contributed by atoms with Gasteiger partial charge in [0.15, 0.2) is 0 Å². The Morgan fingerprint density at radius 2 is 2.06 bits per heavy atom. The Kier molecular flexibility index (Phi) is 4.89. The molecule has 1 heterocycles. The first-order valence-corrected chi connectivity index (χ1v) is 5.75. The molecule has 0 unspecified atom stereocenters. The Labute approximate surface area is 101 Å². The lowest BCUT2D eigenvalue weighted by Gasteiger charge is -2.36. The third kappa shape index (κ3) is 3.41. The molecule has 1 aliphatic rings. The lowest BCUT2D eigenvalue weighted by molar-refractivity contribution is -0.145. The van der Waals surface area contributed by atoms with Crippen molar-refractivity contribution in [1.29, 1.82) is 0 Å². The van der Waals surface area contributed by atoms with Crippen LogP contribution < -0.4 is 10.6 Å². The molecule has 0 bridgehead atoms. The number of methoxy groups -OCH3 is 1. The lowest BCUT2D eigenvalue weighted by Crippen LogP contribution is -2.53. The van der Waals surface area contributed by atoms with E-state index in [4.69, 9.17) is 9.84 Å². The summed E-state index contributed by atoms with van der Waals surface area (Å²) in [6.45, 7) is 3.28. The number of carbonyl (C=O) groups excluding carboxylic acids is 1. The Balaban J connectivity index is 2.69. The van der Waals surface area contributed by atoms with E-state index in [1.165, 1.54) is 6.92 Å². The van der Waals surface area contributed by atoms with Crippen molar-refractivity contribution in [3.63, 3.8) is 0 Å². The molecule has 1 saturated heterocycles. The molecule has 1 rings (SSSR count). The van der Waals surface area contributed by atoms with E-state index in [1.54, 1.807) is 7.11 Å². The fraction of sp³-hybridized carbons (Fsp3) is 0.818. The zero-order valence-corrected chi connectivity index (χ0v) is 10.3. The van der Waals surface area contributed by atoms with Gasteiger partial charge in [-0.05, 0) is 32.9 Å². The van der Waals surface area contributed by atoms with Crippen LogP contribution in [0.2, 0.25) is 0 Å². The summed E-state index contributed by atoms with van der Waals surface area (Å²) in [6, 6.07) is -0.869. The minimum Gasteiger partial charge on any atom is -0.480 e. The fourth-order valence-corrected chi connectivity index (χ4v) is 2.03. The normalized spacial score (nSPS) is 20.6. The van der Waals surface area contributed by atoms with Gasteiger partial charge in [0.25, 0.3) is 0 Å². The molecule has 1 aliphatic heterocycles. The van der Waals surface area contributed by atoms with E-state index < -0.39 is 17.4 Å². The van der Waals surface area contributed by atoms with Gasteiger partial charge in [-0.25, -0.2) is 0 Å². The Hall–Kier alpha value is -1.14. The molecule has 0 spiro atoms. The van der Waals surface area contributed by atoms with Crippen molar-refractivity contribution in [2.75, 3.05) is 26.8 Å². The molecule has 0 aliphatic carbocycles. The Morgan fingerprint density at radius 1 is 1.47 bits per heavy atom. The number of piperidine rings is 1. The largest absolute Gasteiger partial charge is 0.480 e. The number of rotatable bonds is 5. The molecule has 6 nitrogen and oxygen atoms in total. The first-order chi connectivity index (χ1) is 8.02. The van der Waals surface area contributed by atoms with Gasteiger partial charge < -0.3 is 20.5 Å². The third-order valence-corrected chi connectivity index (χ3v) is 3.18. The first-order valence-electron chi connectivity index (χ1n) is 5.75. The van der Waals surface area contributed by atoms with Crippen LogP contribution in [0.15, 0.2) is 0 Å². The topological polar surface area (TPSA) is 87.7 Å². The van der Waals surface area contributed by atoms with Crippen LogP contribution in [-0.2, 0) is 14.3 Å². The number of amides is 1. The second-order valence-corrected chi connectivity index (χ2v) is 4.50. The van der Waals surface area contributed by atoms with Crippen molar-refractivity contribution in [2.45, 2.75) is 25.8 Å². The average Bonchev–Trinajstić information content (AvgIpc) is 2.30.